The summed E-state index contributed by atoms with van der Waals surface area (Å²) in [5.41, 5.74) is 1.00. The smallest absolute Gasteiger partial charge is 0.273 e. The maximum absolute atomic E-state index is 12.5. The van der Waals surface area contributed by atoms with Crippen LogP contribution in [-0.2, 0) is 16.6 Å². The first kappa shape index (κ1) is 19.9. The largest absolute Gasteiger partial charge is 0.347 e. The molecule has 0 aliphatic heterocycles. The number of rotatable bonds is 6. The molecular formula is C16H13BrClN3O4S2. The molecule has 7 nitrogen and oxygen atoms in total. The number of carbonyl (C=O) groups is 1. The van der Waals surface area contributed by atoms with Gasteiger partial charge in [-0.3, -0.25) is 4.79 Å². The van der Waals surface area contributed by atoms with E-state index >= 15 is 0 Å². The normalized spacial score (nSPS) is 11.4. The lowest BCUT2D eigenvalue weighted by molar-refractivity contribution is 0.0951. The molecule has 2 heterocycles. The summed E-state index contributed by atoms with van der Waals surface area (Å²) >= 11 is 10.1. The van der Waals surface area contributed by atoms with Crippen LogP contribution < -0.4 is 10.0 Å². The second kappa shape index (κ2) is 8.01. The minimum atomic E-state index is -3.82. The van der Waals surface area contributed by atoms with E-state index in [2.05, 4.69) is 31.1 Å². The zero-order valence-corrected chi connectivity index (χ0v) is 17.8. The van der Waals surface area contributed by atoms with Gasteiger partial charge in [-0.1, -0.05) is 16.8 Å². The number of nitrogens with one attached hydrogen (secondary N) is 2. The molecule has 0 spiro atoms. The summed E-state index contributed by atoms with van der Waals surface area (Å²) < 4.78 is 32.7. The second-order valence-electron chi connectivity index (χ2n) is 5.43. The molecule has 3 aromatic rings. The molecule has 2 aromatic heterocycles. The summed E-state index contributed by atoms with van der Waals surface area (Å²) in [6.45, 7) is 1.88. The van der Waals surface area contributed by atoms with Gasteiger partial charge >= 0.3 is 0 Å². The number of anilines is 1. The Morgan fingerprint density at radius 3 is 2.59 bits per heavy atom. The number of aryl methyl sites for hydroxylation is 1. The van der Waals surface area contributed by atoms with Gasteiger partial charge in [0.1, 0.15) is 8.68 Å². The first-order chi connectivity index (χ1) is 12.8. The number of benzene rings is 1. The van der Waals surface area contributed by atoms with Crippen molar-refractivity contribution in [3.8, 4) is 0 Å². The van der Waals surface area contributed by atoms with E-state index in [0.29, 0.717) is 25.6 Å². The van der Waals surface area contributed by atoms with Crippen molar-refractivity contribution in [1.82, 2.24) is 10.5 Å². The van der Waals surface area contributed by atoms with Gasteiger partial charge in [0.15, 0.2) is 0 Å². The number of amides is 1. The molecule has 0 aliphatic carbocycles. The van der Waals surface area contributed by atoms with E-state index in [4.69, 9.17) is 16.1 Å². The van der Waals surface area contributed by atoms with Gasteiger partial charge in [-0.15, -0.1) is 11.3 Å². The zero-order chi connectivity index (χ0) is 19.6. The molecule has 0 atom stereocenters. The summed E-state index contributed by atoms with van der Waals surface area (Å²) in [4.78, 5) is 12.8. The Kier molecular flexibility index (Phi) is 5.89. The fourth-order valence-corrected chi connectivity index (χ4v) is 4.85. The van der Waals surface area contributed by atoms with Crippen LogP contribution >= 0.6 is 38.9 Å². The van der Waals surface area contributed by atoms with Gasteiger partial charge < -0.3 is 9.84 Å². The van der Waals surface area contributed by atoms with Crippen LogP contribution in [0.5, 0.6) is 0 Å². The number of halogens is 2. The Morgan fingerprint density at radius 1 is 1.26 bits per heavy atom. The first-order valence-electron chi connectivity index (χ1n) is 7.53. The van der Waals surface area contributed by atoms with E-state index in [0.717, 1.165) is 11.3 Å². The molecule has 2 N–H and O–H groups in total. The predicted molar refractivity (Wildman–Crippen MR) is 107 cm³/mol. The van der Waals surface area contributed by atoms with E-state index in [9.17, 15) is 13.2 Å². The number of nitrogens with zero attached hydrogens (tertiary/aromatic N) is 1. The van der Waals surface area contributed by atoms with E-state index in [1.165, 1.54) is 6.07 Å². The van der Waals surface area contributed by atoms with E-state index in [-0.39, 0.29) is 22.5 Å². The third kappa shape index (κ3) is 4.70. The van der Waals surface area contributed by atoms with Crippen molar-refractivity contribution in [2.75, 3.05) is 4.72 Å². The summed E-state index contributed by atoms with van der Waals surface area (Å²) in [7, 11) is -3.82. The van der Waals surface area contributed by atoms with Gasteiger partial charge in [0, 0.05) is 15.5 Å². The molecule has 0 aliphatic rings. The van der Waals surface area contributed by atoms with Crippen LogP contribution in [-0.4, -0.2) is 19.5 Å². The molecule has 3 rings (SSSR count). The average molecular weight is 491 g/mol. The maximum atomic E-state index is 12.5. The molecule has 0 radical (unpaired) electrons. The number of aromatic nitrogens is 1. The predicted octanol–water partition coefficient (Wildman–Crippen LogP) is 4.19. The Balaban J connectivity index is 1.66. The standard InChI is InChI=1S/C16H13BrClN3O4S2/c1-9-14(17)16(25-20-9)21-27(23,24)13-7-6-12(26-13)8-19-15(22)10-2-4-11(18)5-3-10/h2-7,21H,8H2,1H3,(H,19,22). The average Bonchev–Trinajstić information content (AvgIpc) is 3.23. The highest BCUT2D eigenvalue weighted by Gasteiger charge is 2.22. The van der Waals surface area contributed by atoms with Crippen molar-refractivity contribution in [2.24, 2.45) is 0 Å². The van der Waals surface area contributed by atoms with Crippen LogP contribution in [0.15, 0.2) is 49.6 Å². The van der Waals surface area contributed by atoms with Crippen molar-refractivity contribution in [2.45, 2.75) is 17.7 Å². The molecule has 0 fully saturated rings. The van der Waals surface area contributed by atoms with Crippen molar-refractivity contribution < 1.29 is 17.7 Å². The number of hydrogen-bond donors (Lipinski definition) is 2. The molecule has 1 aromatic carbocycles. The third-order valence-electron chi connectivity index (χ3n) is 3.45. The van der Waals surface area contributed by atoms with Crippen LogP contribution in [0.3, 0.4) is 0 Å². The summed E-state index contributed by atoms with van der Waals surface area (Å²) in [6, 6.07) is 9.59. The lowest BCUT2D eigenvalue weighted by Crippen LogP contribution is -2.22. The molecule has 0 unspecified atom stereocenters. The Bertz CT molecular complexity index is 1080. The van der Waals surface area contributed by atoms with Crippen molar-refractivity contribution in [1.29, 1.82) is 0 Å². The molecule has 1 amide bonds. The molecule has 0 saturated carbocycles. The number of hydrogen-bond acceptors (Lipinski definition) is 6. The molecule has 11 heteroatoms. The lowest BCUT2D eigenvalue weighted by atomic mass is 10.2. The zero-order valence-electron chi connectivity index (χ0n) is 13.8. The monoisotopic (exact) mass is 489 g/mol. The summed E-state index contributed by atoms with van der Waals surface area (Å²) in [6.07, 6.45) is 0. The van der Waals surface area contributed by atoms with Crippen molar-refractivity contribution in [3.63, 3.8) is 0 Å². The molecule has 27 heavy (non-hydrogen) atoms. The summed E-state index contributed by atoms with van der Waals surface area (Å²) in [5.74, 6) is -0.262. The maximum Gasteiger partial charge on any atom is 0.273 e. The topological polar surface area (TPSA) is 101 Å². The number of thiophene rings is 1. The molecule has 0 bridgehead atoms. The molecular weight excluding hydrogens is 478 g/mol. The third-order valence-corrected chi connectivity index (χ3v) is 7.54. The van der Waals surface area contributed by atoms with Gasteiger partial charge in [-0.2, -0.15) is 0 Å². The van der Waals surface area contributed by atoms with Crippen molar-refractivity contribution in [3.05, 3.63) is 62.0 Å². The van der Waals surface area contributed by atoms with E-state index in [1.54, 1.807) is 37.3 Å². The van der Waals surface area contributed by atoms with Gasteiger partial charge in [-0.25, -0.2) is 13.1 Å². The van der Waals surface area contributed by atoms with Gasteiger partial charge in [0.25, 0.3) is 21.8 Å². The van der Waals surface area contributed by atoms with Gasteiger partial charge in [0.2, 0.25) is 0 Å². The fraction of sp³-hybridized carbons (Fsp3) is 0.125. The van der Waals surface area contributed by atoms with Crippen molar-refractivity contribution >= 4 is 60.7 Å². The first-order valence-corrected chi connectivity index (χ1v) is 11.0. The van der Waals surface area contributed by atoms with Gasteiger partial charge in [0.05, 0.1) is 12.2 Å². The Labute approximate surface area is 172 Å². The lowest BCUT2D eigenvalue weighted by Gasteiger charge is -2.04. The van der Waals surface area contributed by atoms with Crippen LogP contribution in [0, 0.1) is 6.92 Å². The minimum Gasteiger partial charge on any atom is -0.347 e. The van der Waals surface area contributed by atoms with Crippen LogP contribution in [0.4, 0.5) is 5.88 Å². The highest BCUT2D eigenvalue weighted by molar-refractivity contribution is 9.10. The highest BCUT2D eigenvalue weighted by atomic mass is 79.9. The van der Waals surface area contributed by atoms with E-state index in [1.807, 2.05) is 0 Å². The quantitative estimate of drug-likeness (QED) is 0.539. The molecule has 0 saturated heterocycles. The number of sulfonamides is 1. The van der Waals surface area contributed by atoms with E-state index < -0.39 is 10.0 Å². The number of carbonyl (C=O) groups excluding carboxylic acids is 1. The Hall–Kier alpha value is -1.88. The minimum absolute atomic E-state index is 0.0125. The second-order valence-corrected chi connectivity index (χ2v) is 9.73. The van der Waals surface area contributed by atoms with Gasteiger partial charge in [-0.05, 0) is 59.3 Å². The highest BCUT2D eigenvalue weighted by Crippen LogP contribution is 2.29. The Morgan fingerprint density at radius 2 is 1.96 bits per heavy atom. The SMILES string of the molecule is Cc1noc(NS(=O)(=O)c2ccc(CNC(=O)c3ccc(Cl)cc3)s2)c1Br. The summed E-state index contributed by atoms with van der Waals surface area (Å²) in [5, 5.41) is 6.96. The van der Waals surface area contributed by atoms with Crippen LogP contribution in [0.25, 0.3) is 0 Å². The fourth-order valence-electron chi connectivity index (χ4n) is 2.06. The van der Waals surface area contributed by atoms with Crippen LogP contribution in [0.2, 0.25) is 5.02 Å². The molecule has 142 valence electrons. The van der Waals surface area contributed by atoms with Crippen LogP contribution in [0.1, 0.15) is 20.9 Å².